The van der Waals surface area contributed by atoms with Crippen LogP contribution in [0.25, 0.3) is 0 Å². The maximum Gasteiger partial charge on any atom is 0.243 e. The summed E-state index contributed by atoms with van der Waals surface area (Å²) in [5.74, 6) is -0.139. The Labute approximate surface area is 215 Å². The van der Waals surface area contributed by atoms with Gasteiger partial charge in [-0.3, -0.25) is 9.69 Å². The van der Waals surface area contributed by atoms with Crippen molar-refractivity contribution < 1.29 is 13.2 Å². The van der Waals surface area contributed by atoms with Gasteiger partial charge in [0.15, 0.2) is 0 Å². The van der Waals surface area contributed by atoms with Crippen molar-refractivity contribution in [3.63, 3.8) is 0 Å². The zero-order valence-corrected chi connectivity index (χ0v) is 21.7. The molecule has 0 aromatic heterocycles. The summed E-state index contributed by atoms with van der Waals surface area (Å²) < 4.78 is 28.1. The Hall–Kier alpha value is -3.00. The Kier molecular flexibility index (Phi) is 8.91. The standard InChI is InChI=1S/C29H35N3O3S/c1-2-27-15-9-10-20-32(27)36(34,35)28-18-16-26(17-19-28)30-29(33)23-31(21-24-11-5-3-6-12-24)22-25-13-7-4-8-14-25/h3-8,11-14,16-19,27H,2,9-10,15,20-23H2,1H3,(H,30,33). The van der Waals surface area contributed by atoms with Crippen LogP contribution in [-0.4, -0.2) is 42.7 Å². The number of nitrogens with one attached hydrogen (secondary N) is 1. The van der Waals surface area contributed by atoms with Crippen LogP contribution in [0, 0.1) is 0 Å². The summed E-state index contributed by atoms with van der Waals surface area (Å²) in [6.07, 6.45) is 3.69. The van der Waals surface area contributed by atoms with Gasteiger partial charge in [0.2, 0.25) is 15.9 Å². The fourth-order valence-corrected chi connectivity index (χ4v) is 6.57. The lowest BCUT2D eigenvalue weighted by atomic mass is 10.0. The van der Waals surface area contributed by atoms with E-state index < -0.39 is 10.0 Å². The number of hydrogen-bond acceptors (Lipinski definition) is 4. The minimum atomic E-state index is -3.54. The third-order valence-corrected chi connectivity index (χ3v) is 8.62. The highest BCUT2D eigenvalue weighted by molar-refractivity contribution is 7.89. The number of carbonyl (C=O) groups is 1. The van der Waals surface area contributed by atoms with E-state index in [0.717, 1.165) is 36.8 Å². The maximum atomic E-state index is 13.2. The van der Waals surface area contributed by atoms with E-state index >= 15 is 0 Å². The molecule has 3 aromatic carbocycles. The van der Waals surface area contributed by atoms with Gasteiger partial charge in [0.25, 0.3) is 0 Å². The molecule has 0 radical (unpaired) electrons. The van der Waals surface area contributed by atoms with Crippen LogP contribution in [0.4, 0.5) is 5.69 Å². The van der Waals surface area contributed by atoms with E-state index in [1.807, 2.05) is 43.3 Å². The smallest absolute Gasteiger partial charge is 0.243 e. The first-order chi connectivity index (χ1) is 17.5. The van der Waals surface area contributed by atoms with E-state index in [-0.39, 0.29) is 23.4 Å². The second-order valence-corrected chi connectivity index (χ2v) is 11.3. The highest BCUT2D eigenvalue weighted by atomic mass is 32.2. The molecule has 4 rings (SSSR count). The van der Waals surface area contributed by atoms with Crippen LogP contribution in [0.3, 0.4) is 0 Å². The number of benzene rings is 3. The second-order valence-electron chi connectivity index (χ2n) is 9.36. The van der Waals surface area contributed by atoms with Crippen LogP contribution in [0.2, 0.25) is 0 Å². The molecule has 190 valence electrons. The minimum Gasteiger partial charge on any atom is -0.325 e. The molecule has 36 heavy (non-hydrogen) atoms. The SMILES string of the molecule is CCC1CCCCN1S(=O)(=O)c1ccc(NC(=O)CN(Cc2ccccc2)Cc2ccccc2)cc1. The Morgan fingerprint density at radius 1 is 0.889 bits per heavy atom. The molecule has 0 aliphatic carbocycles. The van der Waals surface area contributed by atoms with Crippen LogP contribution in [-0.2, 0) is 27.9 Å². The predicted molar refractivity (Wildman–Crippen MR) is 144 cm³/mol. The molecule has 6 nitrogen and oxygen atoms in total. The fraction of sp³-hybridized carbons (Fsp3) is 0.345. The predicted octanol–water partition coefficient (Wildman–Crippen LogP) is 5.28. The van der Waals surface area contributed by atoms with Crippen LogP contribution < -0.4 is 5.32 Å². The van der Waals surface area contributed by atoms with Gasteiger partial charge in [-0.25, -0.2) is 8.42 Å². The van der Waals surface area contributed by atoms with Gasteiger partial charge in [0, 0.05) is 31.4 Å². The van der Waals surface area contributed by atoms with Gasteiger partial charge in [0.05, 0.1) is 11.4 Å². The van der Waals surface area contributed by atoms with Gasteiger partial charge in [-0.05, 0) is 54.7 Å². The highest BCUT2D eigenvalue weighted by Gasteiger charge is 2.32. The van der Waals surface area contributed by atoms with Gasteiger partial charge < -0.3 is 5.32 Å². The maximum absolute atomic E-state index is 13.2. The molecule has 0 bridgehead atoms. The quantitative estimate of drug-likeness (QED) is 0.407. The minimum absolute atomic E-state index is 0.0586. The number of sulfonamides is 1. The molecule has 0 saturated carbocycles. The number of rotatable bonds is 10. The number of amides is 1. The summed E-state index contributed by atoms with van der Waals surface area (Å²) in [7, 11) is -3.54. The zero-order chi connectivity index (χ0) is 25.4. The molecule has 1 atom stereocenters. The average Bonchev–Trinajstić information content (AvgIpc) is 2.90. The molecule has 1 fully saturated rings. The van der Waals surface area contributed by atoms with E-state index in [0.29, 0.717) is 25.3 Å². The Balaban J connectivity index is 1.42. The molecular formula is C29H35N3O3S. The monoisotopic (exact) mass is 505 g/mol. The van der Waals surface area contributed by atoms with Crippen molar-refractivity contribution in [3.05, 3.63) is 96.1 Å². The van der Waals surface area contributed by atoms with Crippen LogP contribution >= 0.6 is 0 Å². The normalized spacial score (nSPS) is 16.7. The van der Waals surface area contributed by atoms with Gasteiger partial charge >= 0.3 is 0 Å². The Morgan fingerprint density at radius 3 is 2.03 bits per heavy atom. The lowest BCUT2D eigenvalue weighted by Gasteiger charge is -2.34. The summed E-state index contributed by atoms with van der Waals surface area (Å²) in [6.45, 7) is 4.12. The number of piperidine rings is 1. The number of anilines is 1. The first-order valence-corrected chi connectivity index (χ1v) is 14.1. The largest absolute Gasteiger partial charge is 0.325 e. The van der Waals surface area contributed by atoms with E-state index in [9.17, 15) is 13.2 Å². The summed E-state index contributed by atoms with van der Waals surface area (Å²) in [5.41, 5.74) is 2.86. The third kappa shape index (κ3) is 6.81. The van der Waals surface area contributed by atoms with Crippen molar-refractivity contribution in [2.24, 2.45) is 0 Å². The summed E-state index contributed by atoms with van der Waals surface area (Å²) >= 11 is 0. The fourth-order valence-electron chi connectivity index (χ4n) is 4.80. The van der Waals surface area contributed by atoms with Crippen molar-refractivity contribution in [3.8, 4) is 0 Å². The molecule has 1 unspecified atom stereocenters. The molecule has 1 saturated heterocycles. The van der Waals surface area contributed by atoms with Crippen LogP contribution in [0.15, 0.2) is 89.8 Å². The highest BCUT2D eigenvalue weighted by Crippen LogP contribution is 2.27. The van der Waals surface area contributed by atoms with E-state index in [4.69, 9.17) is 0 Å². The molecular weight excluding hydrogens is 470 g/mol. The average molecular weight is 506 g/mol. The van der Waals surface area contributed by atoms with E-state index in [1.165, 1.54) is 0 Å². The van der Waals surface area contributed by atoms with Crippen molar-refractivity contribution >= 4 is 21.6 Å². The Morgan fingerprint density at radius 2 is 1.47 bits per heavy atom. The van der Waals surface area contributed by atoms with E-state index in [2.05, 4.69) is 34.5 Å². The lowest BCUT2D eigenvalue weighted by Crippen LogP contribution is -2.43. The van der Waals surface area contributed by atoms with Gasteiger partial charge in [-0.1, -0.05) is 74.0 Å². The van der Waals surface area contributed by atoms with Gasteiger partial charge in [-0.15, -0.1) is 0 Å². The molecule has 3 aromatic rings. The summed E-state index contributed by atoms with van der Waals surface area (Å²) in [4.78, 5) is 15.3. The molecule has 1 aliphatic rings. The van der Waals surface area contributed by atoms with E-state index in [1.54, 1.807) is 28.6 Å². The number of carbonyl (C=O) groups excluding carboxylic acids is 1. The van der Waals surface area contributed by atoms with Crippen LogP contribution in [0.5, 0.6) is 0 Å². The first-order valence-electron chi connectivity index (χ1n) is 12.7. The van der Waals surface area contributed by atoms with Crippen molar-refractivity contribution in [2.75, 3.05) is 18.4 Å². The summed E-state index contributed by atoms with van der Waals surface area (Å²) in [6, 6.07) is 26.8. The third-order valence-electron chi connectivity index (χ3n) is 6.65. The van der Waals surface area contributed by atoms with Crippen LogP contribution in [0.1, 0.15) is 43.7 Å². The molecule has 1 amide bonds. The molecule has 0 spiro atoms. The van der Waals surface area contributed by atoms with Gasteiger partial charge in [-0.2, -0.15) is 4.31 Å². The van der Waals surface area contributed by atoms with Crippen molar-refractivity contribution in [1.29, 1.82) is 0 Å². The Bertz CT molecular complexity index is 1170. The molecule has 1 aliphatic heterocycles. The second kappa shape index (κ2) is 12.3. The first kappa shape index (κ1) is 26.1. The number of nitrogens with zero attached hydrogens (tertiary/aromatic N) is 2. The molecule has 7 heteroatoms. The zero-order valence-electron chi connectivity index (χ0n) is 20.8. The topological polar surface area (TPSA) is 69.7 Å². The van der Waals surface area contributed by atoms with Crippen molar-refractivity contribution in [1.82, 2.24) is 9.21 Å². The number of hydrogen-bond donors (Lipinski definition) is 1. The van der Waals surface area contributed by atoms with Crippen molar-refractivity contribution in [2.45, 2.75) is 56.6 Å². The lowest BCUT2D eigenvalue weighted by molar-refractivity contribution is -0.117. The molecule has 1 N–H and O–H groups in total. The molecule has 1 heterocycles. The summed E-state index contributed by atoms with van der Waals surface area (Å²) in [5, 5.41) is 2.93. The van der Waals surface area contributed by atoms with Gasteiger partial charge in [0.1, 0.15) is 0 Å².